The summed E-state index contributed by atoms with van der Waals surface area (Å²) in [4.78, 5) is 0. The Labute approximate surface area is 103 Å². The van der Waals surface area contributed by atoms with Crippen molar-refractivity contribution in [3.8, 4) is 0 Å². The van der Waals surface area contributed by atoms with E-state index in [9.17, 15) is 8.42 Å². The van der Waals surface area contributed by atoms with E-state index in [-0.39, 0.29) is 10.8 Å². The zero-order chi connectivity index (χ0) is 12.5. The maximum Gasteiger partial charge on any atom is 0.219 e. The van der Waals surface area contributed by atoms with Crippen molar-refractivity contribution in [3.63, 3.8) is 0 Å². The van der Waals surface area contributed by atoms with Crippen LogP contribution in [0.2, 0.25) is 0 Å². The van der Waals surface area contributed by atoms with Gasteiger partial charge < -0.3 is 10.5 Å². The third-order valence-corrected chi connectivity index (χ3v) is 6.19. The van der Waals surface area contributed by atoms with Crippen LogP contribution in [0.1, 0.15) is 32.6 Å². The highest BCUT2D eigenvalue weighted by Gasteiger charge is 2.40. The molecule has 2 rings (SSSR count). The number of ether oxygens (including phenoxy) is 1. The van der Waals surface area contributed by atoms with E-state index in [0.717, 1.165) is 19.3 Å². The van der Waals surface area contributed by atoms with Gasteiger partial charge in [0.05, 0.1) is 6.61 Å². The average molecular weight is 262 g/mol. The molecule has 0 bridgehead atoms. The molecule has 2 aliphatic rings. The van der Waals surface area contributed by atoms with E-state index < -0.39 is 10.0 Å². The van der Waals surface area contributed by atoms with Gasteiger partial charge in [-0.25, -0.2) is 8.42 Å². The van der Waals surface area contributed by atoms with Gasteiger partial charge in [0.1, 0.15) is 5.25 Å². The van der Waals surface area contributed by atoms with Crippen molar-refractivity contribution >= 4 is 10.0 Å². The summed E-state index contributed by atoms with van der Waals surface area (Å²) in [6.07, 6.45) is 3.20. The van der Waals surface area contributed by atoms with Gasteiger partial charge in [-0.1, -0.05) is 6.92 Å². The van der Waals surface area contributed by atoms with Crippen molar-refractivity contribution in [1.82, 2.24) is 4.31 Å². The number of hydrogen-bond donors (Lipinski definition) is 1. The molecule has 0 spiro atoms. The lowest BCUT2D eigenvalue weighted by Gasteiger charge is -2.39. The molecular weight excluding hydrogens is 240 g/mol. The Bertz CT molecular complexity index is 365. The van der Waals surface area contributed by atoms with Crippen molar-refractivity contribution in [2.75, 3.05) is 26.3 Å². The number of sulfonamides is 1. The summed E-state index contributed by atoms with van der Waals surface area (Å²) in [6.45, 7) is 3.98. The van der Waals surface area contributed by atoms with Gasteiger partial charge in [-0.2, -0.15) is 4.31 Å². The Hall–Kier alpha value is -0.170. The maximum absolute atomic E-state index is 12.4. The van der Waals surface area contributed by atoms with Crippen molar-refractivity contribution in [2.45, 2.75) is 43.4 Å². The van der Waals surface area contributed by atoms with E-state index in [4.69, 9.17) is 10.5 Å². The minimum Gasteiger partial charge on any atom is -0.380 e. The van der Waals surface area contributed by atoms with Gasteiger partial charge in [0.2, 0.25) is 10.0 Å². The molecule has 0 aromatic carbocycles. The first-order valence-electron chi connectivity index (χ1n) is 6.33. The molecular formula is C11H22N2O3S. The van der Waals surface area contributed by atoms with E-state index in [2.05, 4.69) is 0 Å². The van der Waals surface area contributed by atoms with E-state index in [0.29, 0.717) is 32.7 Å². The summed E-state index contributed by atoms with van der Waals surface area (Å²) < 4.78 is 31.5. The molecule has 2 unspecified atom stereocenters. The minimum absolute atomic E-state index is 0.336. The van der Waals surface area contributed by atoms with Crippen LogP contribution in [0.25, 0.3) is 0 Å². The van der Waals surface area contributed by atoms with E-state index >= 15 is 0 Å². The lowest BCUT2D eigenvalue weighted by Crippen LogP contribution is -2.56. The number of nitrogens with zero attached hydrogens (tertiary/aromatic N) is 1. The van der Waals surface area contributed by atoms with Crippen molar-refractivity contribution in [1.29, 1.82) is 0 Å². The molecule has 2 aliphatic heterocycles. The highest BCUT2D eigenvalue weighted by molar-refractivity contribution is 7.89. The van der Waals surface area contributed by atoms with Crippen LogP contribution < -0.4 is 5.73 Å². The van der Waals surface area contributed by atoms with Crippen molar-refractivity contribution < 1.29 is 13.2 Å². The molecule has 0 aromatic heterocycles. The first-order valence-corrected chi connectivity index (χ1v) is 7.84. The van der Waals surface area contributed by atoms with E-state index in [1.807, 2.05) is 6.92 Å². The van der Waals surface area contributed by atoms with Crippen LogP contribution in [-0.2, 0) is 14.8 Å². The summed E-state index contributed by atoms with van der Waals surface area (Å²) in [6, 6.07) is 0. The molecule has 0 amide bonds. The van der Waals surface area contributed by atoms with Crippen LogP contribution >= 0.6 is 0 Å². The fourth-order valence-electron chi connectivity index (χ4n) is 2.58. The standard InChI is InChI=1S/C11H22N2O3S/c1-2-11(12)5-3-6-13(9-11)17(14,15)10-4-7-16-8-10/h10H,2-9,12H2,1H3. The van der Waals surface area contributed by atoms with Crippen molar-refractivity contribution in [2.24, 2.45) is 5.73 Å². The number of rotatable bonds is 3. The Morgan fingerprint density at radius 2 is 2.29 bits per heavy atom. The molecule has 0 aliphatic carbocycles. The second-order valence-corrected chi connectivity index (χ2v) is 7.40. The van der Waals surface area contributed by atoms with Crippen LogP contribution in [0.5, 0.6) is 0 Å². The monoisotopic (exact) mass is 262 g/mol. The van der Waals surface area contributed by atoms with Gasteiger partial charge in [0, 0.05) is 25.2 Å². The smallest absolute Gasteiger partial charge is 0.219 e. The molecule has 0 radical (unpaired) electrons. The highest BCUT2D eigenvalue weighted by atomic mass is 32.2. The van der Waals surface area contributed by atoms with Crippen LogP contribution in [0.3, 0.4) is 0 Å². The lowest BCUT2D eigenvalue weighted by molar-refractivity contribution is 0.195. The molecule has 6 heteroatoms. The quantitative estimate of drug-likeness (QED) is 0.794. The summed E-state index contributed by atoms with van der Waals surface area (Å²) in [5, 5.41) is -0.360. The zero-order valence-corrected chi connectivity index (χ0v) is 11.2. The molecule has 17 heavy (non-hydrogen) atoms. The molecule has 0 aromatic rings. The minimum atomic E-state index is -3.21. The second-order valence-electron chi connectivity index (χ2n) is 5.18. The Balaban J connectivity index is 2.11. The molecule has 2 heterocycles. The molecule has 2 atom stereocenters. The van der Waals surface area contributed by atoms with Crippen LogP contribution in [0.15, 0.2) is 0 Å². The summed E-state index contributed by atoms with van der Waals surface area (Å²) >= 11 is 0. The van der Waals surface area contributed by atoms with Gasteiger partial charge in [0.25, 0.3) is 0 Å². The highest BCUT2D eigenvalue weighted by Crippen LogP contribution is 2.27. The molecule has 100 valence electrons. The van der Waals surface area contributed by atoms with Gasteiger partial charge in [-0.3, -0.25) is 0 Å². The summed E-state index contributed by atoms with van der Waals surface area (Å²) in [5.74, 6) is 0. The normalized spacial score (nSPS) is 36.2. The first-order chi connectivity index (χ1) is 7.98. The predicted octanol–water partition coefficient (Wildman–Crippen LogP) is 0.308. The molecule has 2 N–H and O–H groups in total. The maximum atomic E-state index is 12.4. The third kappa shape index (κ3) is 2.65. The van der Waals surface area contributed by atoms with Crippen LogP contribution in [-0.4, -0.2) is 49.8 Å². The van der Waals surface area contributed by atoms with Gasteiger partial charge in [-0.15, -0.1) is 0 Å². The summed E-state index contributed by atoms with van der Waals surface area (Å²) in [7, 11) is -3.21. The van der Waals surface area contributed by atoms with E-state index in [1.165, 1.54) is 0 Å². The molecule has 2 fully saturated rings. The Morgan fingerprint density at radius 1 is 1.53 bits per heavy atom. The molecule has 0 saturated carbocycles. The number of nitrogens with two attached hydrogens (primary N) is 1. The van der Waals surface area contributed by atoms with Gasteiger partial charge in [-0.05, 0) is 25.7 Å². The number of piperidine rings is 1. The zero-order valence-electron chi connectivity index (χ0n) is 10.4. The number of hydrogen-bond acceptors (Lipinski definition) is 4. The van der Waals surface area contributed by atoms with Gasteiger partial charge >= 0.3 is 0 Å². The Morgan fingerprint density at radius 3 is 2.88 bits per heavy atom. The first kappa shape index (κ1) is 13.3. The van der Waals surface area contributed by atoms with Crippen LogP contribution in [0.4, 0.5) is 0 Å². The second kappa shape index (κ2) is 4.84. The largest absolute Gasteiger partial charge is 0.380 e. The fourth-order valence-corrected chi connectivity index (χ4v) is 4.49. The molecule has 2 saturated heterocycles. The Kier molecular flexibility index (Phi) is 3.77. The third-order valence-electron chi connectivity index (χ3n) is 3.95. The van der Waals surface area contributed by atoms with Crippen molar-refractivity contribution in [3.05, 3.63) is 0 Å². The lowest BCUT2D eigenvalue weighted by atomic mass is 9.89. The molecule has 5 nitrogen and oxygen atoms in total. The fraction of sp³-hybridized carbons (Fsp3) is 1.00. The van der Waals surface area contributed by atoms with Gasteiger partial charge in [0.15, 0.2) is 0 Å². The van der Waals surface area contributed by atoms with Crippen LogP contribution in [0, 0.1) is 0 Å². The van der Waals surface area contributed by atoms with E-state index in [1.54, 1.807) is 4.31 Å². The topological polar surface area (TPSA) is 72.6 Å². The average Bonchev–Trinajstić information content (AvgIpc) is 2.83. The summed E-state index contributed by atoms with van der Waals surface area (Å²) in [5.41, 5.74) is 5.86. The predicted molar refractivity (Wildman–Crippen MR) is 66.2 cm³/mol. The SMILES string of the molecule is CCC1(N)CCCN(S(=O)(=O)C2CCOC2)C1.